The van der Waals surface area contributed by atoms with Crippen molar-refractivity contribution in [3.63, 3.8) is 0 Å². The van der Waals surface area contributed by atoms with Crippen LogP contribution in [0, 0.1) is 6.92 Å². The summed E-state index contributed by atoms with van der Waals surface area (Å²) in [6, 6.07) is 22.3. The maximum atomic E-state index is 13.2. The monoisotopic (exact) mass is 466 g/mol. The molecular formula is C26H30N2O4S. The predicted molar refractivity (Wildman–Crippen MR) is 130 cm³/mol. The molecule has 3 aromatic carbocycles. The van der Waals surface area contributed by atoms with Gasteiger partial charge >= 0.3 is 0 Å². The molecule has 0 heterocycles. The third-order valence-corrected chi connectivity index (χ3v) is 6.78. The number of ether oxygens (including phenoxy) is 1. The molecule has 3 rings (SSSR count). The molecule has 3 aromatic rings. The van der Waals surface area contributed by atoms with Crippen molar-refractivity contribution < 1.29 is 17.9 Å². The van der Waals surface area contributed by atoms with Crippen LogP contribution in [0.4, 0.5) is 0 Å². The van der Waals surface area contributed by atoms with Crippen LogP contribution in [0.5, 0.6) is 5.75 Å². The van der Waals surface area contributed by atoms with Gasteiger partial charge in [-0.25, -0.2) is 8.42 Å². The molecule has 2 N–H and O–H groups in total. The molecular weight excluding hydrogens is 436 g/mol. The van der Waals surface area contributed by atoms with Crippen LogP contribution in [0.25, 0.3) is 0 Å². The summed E-state index contributed by atoms with van der Waals surface area (Å²) in [5, 5.41) is 2.94. The van der Waals surface area contributed by atoms with Gasteiger partial charge in [0.25, 0.3) is 0 Å². The number of benzene rings is 3. The quantitative estimate of drug-likeness (QED) is 0.470. The summed E-state index contributed by atoms with van der Waals surface area (Å²) in [5.41, 5.74) is 2.51. The minimum atomic E-state index is -3.95. The van der Waals surface area contributed by atoms with Crippen LogP contribution in [-0.4, -0.2) is 27.0 Å². The number of amides is 1. The van der Waals surface area contributed by atoms with Gasteiger partial charge in [0.1, 0.15) is 11.8 Å². The van der Waals surface area contributed by atoms with E-state index in [-0.39, 0.29) is 23.3 Å². The Morgan fingerprint density at radius 1 is 0.970 bits per heavy atom. The highest BCUT2D eigenvalue weighted by atomic mass is 32.2. The average molecular weight is 467 g/mol. The summed E-state index contributed by atoms with van der Waals surface area (Å²) in [6.07, 6.45) is 0.226. The zero-order valence-electron chi connectivity index (χ0n) is 19.1. The van der Waals surface area contributed by atoms with Crippen molar-refractivity contribution in [2.24, 2.45) is 0 Å². The summed E-state index contributed by atoms with van der Waals surface area (Å²) in [5.74, 6) is 0.244. The first-order valence-electron chi connectivity index (χ1n) is 10.9. The van der Waals surface area contributed by atoms with Crippen LogP contribution in [0.3, 0.4) is 0 Å². The van der Waals surface area contributed by atoms with Gasteiger partial charge in [0, 0.05) is 0 Å². The Kier molecular flexibility index (Phi) is 8.25. The van der Waals surface area contributed by atoms with E-state index in [1.165, 1.54) is 6.07 Å². The number of nitrogens with one attached hydrogen (secondary N) is 2. The average Bonchev–Trinajstić information content (AvgIpc) is 2.81. The van der Waals surface area contributed by atoms with Gasteiger partial charge in [-0.2, -0.15) is 4.72 Å². The third-order valence-electron chi connectivity index (χ3n) is 5.31. The van der Waals surface area contributed by atoms with Crippen molar-refractivity contribution in [1.29, 1.82) is 0 Å². The van der Waals surface area contributed by atoms with Gasteiger partial charge in [-0.05, 0) is 62.1 Å². The fourth-order valence-electron chi connectivity index (χ4n) is 3.54. The lowest BCUT2D eigenvalue weighted by Gasteiger charge is -2.22. The minimum Gasteiger partial charge on any atom is -0.494 e. The standard InChI is InChI=1S/C26H30N2O4S/c1-4-32-25-16-15-23(17-19(25)2)33(30,31)28-24(18-21-11-7-5-8-12-21)26(29)27-20(3)22-13-9-6-10-14-22/h5-17,20,24,28H,4,18H2,1-3H3,(H,27,29). The minimum absolute atomic E-state index is 0.0884. The first-order chi connectivity index (χ1) is 15.8. The van der Waals surface area contributed by atoms with Crippen molar-refractivity contribution in [3.8, 4) is 5.75 Å². The van der Waals surface area contributed by atoms with Gasteiger partial charge in [-0.15, -0.1) is 0 Å². The van der Waals surface area contributed by atoms with Gasteiger partial charge in [0.15, 0.2) is 0 Å². The summed E-state index contributed by atoms with van der Waals surface area (Å²) >= 11 is 0. The zero-order chi connectivity index (χ0) is 23.8. The molecule has 0 saturated heterocycles. The molecule has 174 valence electrons. The number of aryl methyl sites for hydroxylation is 1. The van der Waals surface area contributed by atoms with Gasteiger partial charge in [-0.1, -0.05) is 60.7 Å². The van der Waals surface area contributed by atoms with E-state index in [0.717, 1.165) is 11.1 Å². The SMILES string of the molecule is CCOc1ccc(S(=O)(=O)NC(Cc2ccccc2)C(=O)NC(C)c2ccccc2)cc1C. The van der Waals surface area contributed by atoms with Crippen molar-refractivity contribution in [1.82, 2.24) is 10.0 Å². The largest absolute Gasteiger partial charge is 0.494 e. The molecule has 6 nitrogen and oxygen atoms in total. The molecule has 0 radical (unpaired) electrons. The second kappa shape index (κ2) is 11.1. The smallest absolute Gasteiger partial charge is 0.241 e. The first-order valence-corrected chi connectivity index (χ1v) is 12.4. The number of carbonyl (C=O) groups is 1. The van der Waals surface area contributed by atoms with E-state index in [9.17, 15) is 13.2 Å². The Labute approximate surface area is 196 Å². The molecule has 0 aliphatic rings. The van der Waals surface area contributed by atoms with E-state index in [1.807, 2.05) is 74.5 Å². The highest BCUT2D eigenvalue weighted by Gasteiger charge is 2.27. The van der Waals surface area contributed by atoms with Crippen LogP contribution < -0.4 is 14.8 Å². The Bertz CT molecular complexity index is 1170. The Balaban J connectivity index is 1.84. The van der Waals surface area contributed by atoms with Gasteiger partial charge in [0.05, 0.1) is 17.5 Å². The van der Waals surface area contributed by atoms with E-state index < -0.39 is 16.1 Å². The van der Waals surface area contributed by atoms with Crippen molar-refractivity contribution >= 4 is 15.9 Å². The van der Waals surface area contributed by atoms with Crippen LogP contribution in [0.2, 0.25) is 0 Å². The lowest BCUT2D eigenvalue weighted by Crippen LogP contribution is -2.48. The second-order valence-electron chi connectivity index (χ2n) is 7.86. The fraction of sp³-hybridized carbons (Fsp3) is 0.269. The maximum absolute atomic E-state index is 13.2. The lowest BCUT2D eigenvalue weighted by molar-refractivity contribution is -0.123. The molecule has 33 heavy (non-hydrogen) atoms. The van der Waals surface area contributed by atoms with Crippen LogP contribution in [0.1, 0.15) is 36.6 Å². The van der Waals surface area contributed by atoms with Gasteiger partial charge in [-0.3, -0.25) is 4.79 Å². The second-order valence-corrected chi connectivity index (χ2v) is 9.58. The fourth-order valence-corrected chi connectivity index (χ4v) is 4.82. The first kappa shape index (κ1) is 24.5. The molecule has 2 unspecified atom stereocenters. The number of hydrogen-bond donors (Lipinski definition) is 2. The Hall–Kier alpha value is -3.16. The number of sulfonamides is 1. The normalized spacial score (nSPS) is 13.2. The molecule has 0 saturated carbocycles. The number of carbonyl (C=O) groups excluding carboxylic acids is 1. The number of hydrogen-bond acceptors (Lipinski definition) is 4. The third kappa shape index (κ3) is 6.66. The molecule has 0 bridgehead atoms. The highest BCUT2D eigenvalue weighted by molar-refractivity contribution is 7.89. The van der Waals surface area contributed by atoms with Crippen LogP contribution >= 0.6 is 0 Å². The molecule has 2 atom stereocenters. The molecule has 0 aliphatic carbocycles. The molecule has 7 heteroatoms. The van der Waals surface area contributed by atoms with Gasteiger partial charge < -0.3 is 10.1 Å². The predicted octanol–water partition coefficient (Wildman–Crippen LogP) is 4.16. The zero-order valence-corrected chi connectivity index (χ0v) is 19.9. The Morgan fingerprint density at radius 3 is 2.21 bits per heavy atom. The van der Waals surface area contributed by atoms with Crippen molar-refractivity contribution in [2.75, 3.05) is 6.61 Å². The molecule has 0 aromatic heterocycles. The van der Waals surface area contributed by atoms with Gasteiger partial charge in [0.2, 0.25) is 15.9 Å². The van der Waals surface area contributed by atoms with Crippen molar-refractivity contribution in [3.05, 3.63) is 95.6 Å². The molecule has 0 fully saturated rings. The lowest BCUT2D eigenvalue weighted by atomic mass is 10.0. The topological polar surface area (TPSA) is 84.5 Å². The Morgan fingerprint density at radius 2 is 1.61 bits per heavy atom. The van der Waals surface area contributed by atoms with Crippen molar-refractivity contribution in [2.45, 2.75) is 44.2 Å². The van der Waals surface area contributed by atoms with E-state index in [4.69, 9.17) is 4.74 Å². The van der Waals surface area contributed by atoms with E-state index >= 15 is 0 Å². The van der Waals surface area contributed by atoms with Crippen LogP contribution in [0.15, 0.2) is 83.8 Å². The van der Waals surface area contributed by atoms with E-state index in [1.54, 1.807) is 19.1 Å². The van der Waals surface area contributed by atoms with E-state index in [2.05, 4.69) is 10.0 Å². The molecule has 0 spiro atoms. The van der Waals surface area contributed by atoms with E-state index in [0.29, 0.717) is 17.9 Å². The summed E-state index contributed by atoms with van der Waals surface area (Å²) in [7, 11) is -3.95. The van der Waals surface area contributed by atoms with Crippen LogP contribution in [-0.2, 0) is 21.2 Å². The number of rotatable bonds is 10. The highest BCUT2D eigenvalue weighted by Crippen LogP contribution is 2.22. The maximum Gasteiger partial charge on any atom is 0.241 e. The summed E-state index contributed by atoms with van der Waals surface area (Å²) in [6.45, 7) is 6.02. The summed E-state index contributed by atoms with van der Waals surface area (Å²) in [4.78, 5) is 13.3. The molecule has 0 aliphatic heterocycles. The summed E-state index contributed by atoms with van der Waals surface area (Å²) < 4.78 is 34.5. The molecule has 1 amide bonds.